The van der Waals surface area contributed by atoms with Gasteiger partial charge in [0.15, 0.2) is 5.78 Å². The van der Waals surface area contributed by atoms with Gasteiger partial charge in [0.1, 0.15) is 6.61 Å². The summed E-state index contributed by atoms with van der Waals surface area (Å²) in [6, 6.07) is 12.7. The molecule has 2 rings (SSSR count). The molecule has 0 aliphatic heterocycles. The second kappa shape index (κ2) is 10.0. The minimum absolute atomic E-state index is 0.0302. The monoisotopic (exact) mass is 371 g/mol. The number of nitrogens with one attached hydrogen (secondary N) is 1. The fourth-order valence-corrected chi connectivity index (χ4v) is 2.77. The average Bonchev–Trinajstić information content (AvgIpc) is 3.11. The van der Waals surface area contributed by atoms with Crippen LogP contribution < -0.4 is 5.32 Å². The summed E-state index contributed by atoms with van der Waals surface area (Å²) in [7, 11) is 0. The molecule has 2 aromatic rings. The molecule has 26 heavy (non-hydrogen) atoms. The first-order valence-electron chi connectivity index (χ1n) is 7.83. The van der Waals surface area contributed by atoms with Gasteiger partial charge < -0.3 is 15.2 Å². The Morgan fingerprint density at radius 3 is 2.58 bits per heavy atom. The third-order valence-corrected chi connectivity index (χ3v) is 4.23. The van der Waals surface area contributed by atoms with Gasteiger partial charge in [-0.25, -0.2) is 4.79 Å². The summed E-state index contributed by atoms with van der Waals surface area (Å²) in [4.78, 5) is 35.0. The fraction of sp³-hybridized carbons (Fsp3) is 0.211. The zero-order valence-electron chi connectivity index (χ0n) is 13.9. The summed E-state index contributed by atoms with van der Waals surface area (Å²) in [5.41, 5.74) is 0.896. The van der Waals surface area contributed by atoms with Crippen molar-refractivity contribution < 1.29 is 24.2 Å². The molecule has 2 N–H and O–H groups in total. The lowest BCUT2D eigenvalue weighted by Crippen LogP contribution is -2.24. The molecule has 0 aliphatic rings. The van der Waals surface area contributed by atoms with Gasteiger partial charge in [-0.1, -0.05) is 42.2 Å². The number of carbonyl (C=O) groups is 3. The van der Waals surface area contributed by atoms with Crippen LogP contribution in [0.15, 0.2) is 42.5 Å². The average molecular weight is 371 g/mol. The van der Waals surface area contributed by atoms with Crippen LogP contribution in [0.1, 0.15) is 33.0 Å². The number of carbonyl (C=O) groups excluding carboxylic acids is 2. The fourth-order valence-electron chi connectivity index (χ4n) is 1.92. The summed E-state index contributed by atoms with van der Waals surface area (Å²) in [6.45, 7) is 0.306. The van der Waals surface area contributed by atoms with E-state index in [1.165, 1.54) is 11.3 Å². The summed E-state index contributed by atoms with van der Waals surface area (Å²) in [6.07, 6.45) is -0.775. The molecule has 0 radical (unpaired) electrons. The summed E-state index contributed by atoms with van der Waals surface area (Å²) >= 11 is 1.20. The minimum Gasteiger partial charge on any atom is -0.481 e. The van der Waals surface area contributed by atoms with Crippen LogP contribution in [0.2, 0.25) is 0 Å². The van der Waals surface area contributed by atoms with Crippen LogP contribution >= 0.6 is 11.3 Å². The highest BCUT2D eigenvalue weighted by Gasteiger charge is 2.10. The highest BCUT2D eigenvalue weighted by molar-refractivity contribution is 7.14. The van der Waals surface area contributed by atoms with Gasteiger partial charge in [0.25, 0.3) is 0 Å². The van der Waals surface area contributed by atoms with E-state index in [1.807, 2.05) is 30.3 Å². The topological polar surface area (TPSA) is 92.7 Å². The second-order valence-electron chi connectivity index (χ2n) is 5.20. The van der Waals surface area contributed by atoms with Gasteiger partial charge in [-0.3, -0.25) is 9.59 Å². The number of rotatable bonds is 7. The van der Waals surface area contributed by atoms with Gasteiger partial charge in [0.05, 0.1) is 22.7 Å². The van der Waals surface area contributed by atoms with Crippen molar-refractivity contribution in [3.63, 3.8) is 0 Å². The Hall–Kier alpha value is -3.11. The SMILES string of the molecule is O=C(O)CCC(=O)c1ccc(C#CCNC(=O)OCc2ccccc2)s1. The van der Waals surface area contributed by atoms with Gasteiger partial charge in [-0.2, -0.15) is 0 Å². The molecule has 0 saturated carbocycles. The van der Waals surface area contributed by atoms with Crippen molar-refractivity contribution in [2.75, 3.05) is 6.54 Å². The van der Waals surface area contributed by atoms with Crippen molar-refractivity contribution in [2.24, 2.45) is 0 Å². The number of ether oxygens (including phenoxy) is 1. The third kappa shape index (κ3) is 6.79. The Balaban J connectivity index is 1.73. The molecule has 0 aliphatic carbocycles. The van der Waals surface area contributed by atoms with Crippen LogP contribution in [0.4, 0.5) is 4.79 Å². The normalized spacial score (nSPS) is 9.69. The van der Waals surface area contributed by atoms with Crippen molar-refractivity contribution in [2.45, 2.75) is 19.4 Å². The van der Waals surface area contributed by atoms with Gasteiger partial charge >= 0.3 is 12.1 Å². The van der Waals surface area contributed by atoms with Crippen LogP contribution in [0.25, 0.3) is 0 Å². The third-order valence-electron chi connectivity index (χ3n) is 3.19. The van der Waals surface area contributed by atoms with E-state index in [0.29, 0.717) is 9.75 Å². The second-order valence-corrected chi connectivity index (χ2v) is 6.28. The first kappa shape index (κ1) is 19.2. The predicted octanol–water partition coefficient (Wildman–Crippen LogP) is 3.07. The zero-order valence-corrected chi connectivity index (χ0v) is 14.7. The number of ketones is 1. The maximum atomic E-state index is 11.8. The van der Waals surface area contributed by atoms with Crippen molar-refractivity contribution >= 4 is 29.2 Å². The maximum absolute atomic E-state index is 11.8. The molecule has 1 aromatic heterocycles. The summed E-state index contributed by atoms with van der Waals surface area (Å²) in [5, 5.41) is 11.1. The van der Waals surface area contributed by atoms with E-state index in [2.05, 4.69) is 17.2 Å². The quantitative estimate of drug-likeness (QED) is 0.576. The van der Waals surface area contributed by atoms with Gasteiger partial charge in [0, 0.05) is 6.42 Å². The van der Waals surface area contributed by atoms with Crippen molar-refractivity contribution in [3.8, 4) is 11.8 Å². The predicted molar refractivity (Wildman–Crippen MR) is 97.0 cm³/mol. The zero-order chi connectivity index (χ0) is 18.8. The highest BCUT2D eigenvalue weighted by atomic mass is 32.1. The van der Waals surface area contributed by atoms with Gasteiger partial charge in [0.2, 0.25) is 0 Å². The Kier molecular flexibility index (Phi) is 7.40. The number of thiophene rings is 1. The van der Waals surface area contributed by atoms with E-state index >= 15 is 0 Å². The Labute approximate surface area is 154 Å². The molecule has 6 nitrogen and oxygen atoms in total. The van der Waals surface area contributed by atoms with E-state index in [4.69, 9.17) is 9.84 Å². The lowest BCUT2D eigenvalue weighted by atomic mass is 10.2. The van der Waals surface area contributed by atoms with Crippen LogP contribution in [-0.4, -0.2) is 29.5 Å². The molecule has 0 atom stereocenters. The molecule has 7 heteroatoms. The smallest absolute Gasteiger partial charge is 0.408 e. The van der Waals surface area contributed by atoms with Crippen molar-refractivity contribution in [1.82, 2.24) is 5.32 Å². The minimum atomic E-state index is -1.000. The van der Waals surface area contributed by atoms with Gasteiger partial charge in [-0.15, -0.1) is 11.3 Å². The Bertz CT molecular complexity index is 832. The molecule has 1 heterocycles. The largest absolute Gasteiger partial charge is 0.481 e. The number of alkyl carbamates (subject to hydrolysis) is 1. The molecular formula is C19H17NO5S. The van der Waals surface area contributed by atoms with Crippen LogP contribution in [-0.2, 0) is 16.1 Å². The number of amides is 1. The first-order chi connectivity index (χ1) is 12.5. The number of carboxylic acid groups (broad SMARTS) is 1. The number of hydrogen-bond acceptors (Lipinski definition) is 5. The lowest BCUT2D eigenvalue weighted by molar-refractivity contribution is -0.136. The number of Topliss-reactive ketones (excluding diaryl/α,β-unsaturated/α-hetero) is 1. The first-order valence-corrected chi connectivity index (χ1v) is 8.64. The maximum Gasteiger partial charge on any atom is 0.408 e. The van der Waals surface area contributed by atoms with Crippen LogP contribution in [0.3, 0.4) is 0 Å². The Morgan fingerprint density at radius 1 is 1.08 bits per heavy atom. The molecule has 134 valence electrons. The standard InChI is InChI=1S/C19H17NO5S/c21-16(9-11-18(22)23)17-10-8-15(26-17)7-4-12-20-19(24)25-13-14-5-2-1-3-6-14/h1-3,5-6,8,10H,9,11-13H2,(H,20,24)(H,22,23). The number of aliphatic carboxylic acids is 1. The van der Waals surface area contributed by atoms with Crippen molar-refractivity contribution in [3.05, 3.63) is 57.8 Å². The summed E-state index contributed by atoms with van der Waals surface area (Å²) < 4.78 is 5.05. The summed E-state index contributed by atoms with van der Waals surface area (Å²) in [5.74, 6) is 4.41. The van der Waals surface area contributed by atoms with E-state index in [0.717, 1.165) is 5.56 Å². The van der Waals surface area contributed by atoms with E-state index in [1.54, 1.807) is 12.1 Å². The molecule has 0 fully saturated rings. The van der Waals surface area contributed by atoms with Gasteiger partial charge in [-0.05, 0) is 17.7 Å². The molecule has 0 unspecified atom stereocenters. The molecule has 0 bridgehead atoms. The highest BCUT2D eigenvalue weighted by Crippen LogP contribution is 2.17. The van der Waals surface area contributed by atoms with E-state index in [9.17, 15) is 14.4 Å². The lowest BCUT2D eigenvalue weighted by Gasteiger charge is -2.04. The molecule has 1 amide bonds. The molecular weight excluding hydrogens is 354 g/mol. The number of hydrogen-bond donors (Lipinski definition) is 2. The Morgan fingerprint density at radius 2 is 1.85 bits per heavy atom. The molecule has 0 saturated heterocycles. The number of carboxylic acids is 1. The van der Waals surface area contributed by atoms with E-state index < -0.39 is 12.1 Å². The van der Waals surface area contributed by atoms with E-state index in [-0.39, 0.29) is 31.8 Å². The number of benzene rings is 1. The van der Waals surface area contributed by atoms with Crippen LogP contribution in [0.5, 0.6) is 0 Å². The molecule has 1 aromatic carbocycles. The van der Waals surface area contributed by atoms with Crippen LogP contribution in [0, 0.1) is 11.8 Å². The molecule has 0 spiro atoms. The van der Waals surface area contributed by atoms with Crippen molar-refractivity contribution in [1.29, 1.82) is 0 Å².